The van der Waals surface area contributed by atoms with E-state index in [1.807, 2.05) is 11.6 Å². The lowest BCUT2D eigenvalue weighted by Crippen LogP contribution is -2.11. The third-order valence-electron chi connectivity index (χ3n) is 3.75. The Morgan fingerprint density at radius 3 is 2.25 bits per heavy atom. The molecule has 0 bridgehead atoms. The van der Waals surface area contributed by atoms with Gasteiger partial charge in [-0.15, -0.1) is 5.10 Å². The molecule has 0 N–H and O–H groups in total. The highest BCUT2D eigenvalue weighted by molar-refractivity contribution is 4.87. The molecule has 1 heterocycles. The maximum absolute atomic E-state index is 5.53. The number of unbranched alkanes of at least 4 members (excludes halogenated alkanes) is 7. The molecular weight excluding hydrogens is 252 g/mol. The van der Waals surface area contributed by atoms with Crippen molar-refractivity contribution in [1.82, 2.24) is 20.2 Å². The molecule has 20 heavy (non-hydrogen) atoms. The van der Waals surface area contributed by atoms with Crippen molar-refractivity contribution >= 4 is 0 Å². The van der Waals surface area contributed by atoms with Gasteiger partial charge in [-0.25, -0.2) is 4.68 Å². The molecule has 5 nitrogen and oxygen atoms in total. The predicted molar refractivity (Wildman–Crippen MR) is 80.5 cm³/mol. The van der Waals surface area contributed by atoms with Crippen molar-refractivity contribution in [1.29, 1.82) is 0 Å². The van der Waals surface area contributed by atoms with Gasteiger partial charge in [-0.05, 0) is 23.8 Å². The summed E-state index contributed by atoms with van der Waals surface area (Å²) in [4.78, 5) is 0. The van der Waals surface area contributed by atoms with E-state index in [0.29, 0.717) is 0 Å². The van der Waals surface area contributed by atoms with Crippen LogP contribution in [0, 0.1) is 0 Å². The van der Waals surface area contributed by atoms with Gasteiger partial charge in [0.1, 0.15) is 6.10 Å². The zero-order chi connectivity index (χ0) is 14.6. The minimum Gasteiger partial charge on any atom is -0.373 e. The molecule has 1 rings (SSSR count). The molecule has 0 aliphatic heterocycles. The summed E-state index contributed by atoms with van der Waals surface area (Å²) in [7, 11) is 1.74. The third kappa shape index (κ3) is 5.99. The van der Waals surface area contributed by atoms with E-state index < -0.39 is 0 Å². The zero-order valence-corrected chi connectivity index (χ0v) is 13.3. The van der Waals surface area contributed by atoms with Crippen LogP contribution < -0.4 is 0 Å². The number of ether oxygens (including phenoxy) is 1. The fourth-order valence-electron chi connectivity index (χ4n) is 2.48. The zero-order valence-electron chi connectivity index (χ0n) is 13.3. The van der Waals surface area contributed by atoms with Crippen LogP contribution in [0.2, 0.25) is 0 Å². The van der Waals surface area contributed by atoms with Crippen molar-refractivity contribution < 1.29 is 4.74 Å². The molecule has 5 heteroatoms. The van der Waals surface area contributed by atoms with Crippen LogP contribution in [0.5, 0.6) is 0 Å². The SMILES string of the molecule is CCCCCCCCCCC(OC)c1nnnn1CC. The maximum atomic E-state index is 5.53. The lowest BCUT2D eigenvalue weighted by molar-refractivity contribution is 0.0816. The Labute approximate surface area is 123 Å². The molecule has 0 spiro atoms. The van der Waals surface area contributed by atoms with Gasteiger partial charge in [0, 0.05) is 13.7 Å². The lowest BCUT2D eigenvalue weighted by Gasteiger charge is -2.14. The van der Waals surface area contributed by atoms with Gasteiger partial charge in [-0.3, -0.25) is 0 Å². The summed E-state index contributed by atoms with van der Waals surface area (Å²) in [6, 6.07) is 0. The second-order valence-electron chi connectivity index (χ2n) is 5.34. The van der Waals surface area contributed by atoms with Gasteiger partial charge in [0.15, 0.2) is 5.82 Å². The molecule has 0 amide bonds. The molecule has 1 aromatic heterocycles. The normalized spacial score (nSPS) is 12.8. The average Bonchev–Trinajstić information content (AvgIpc) is 2.94. The number of aromatic nitrogens is 4. The van der Waals surface area contributed by atoms with E-state index in [0.717, 1.165) is 18.8 Å². The van der Waals surface area contributed by atoms with E-state index in [-0.39, 0.29) is 6.10 Å². The van der Waals surface area contributed by atoms with Crippen molar-refractivity contribution in [2.75, 3.05) is 7.11 Å². The van der Waals surface area contributed by atoms with E-state index in [9.17, 15) is 0 Å². The van der Waals surface area contributed by atoms with E-state index in [1.165, 1.54) is 51.4 Å². The van der Waals surface area contributed by atoms with Crippen molar-refractivity contribution in [3.63, 3.8) is 0 Å². The Hall–Kier alpha value is -0.970. The highest BCUT2D eigenvalue weighted by Gasteiger charge is 2.17. The monoisotopic (exact) mass is 282 g/mol. The Morgan fingerprint density at radius 1 is 1.00 bits per heavy atom. The van der Waals surface area contributed by atoms with Crippen molar-refractivity contribution in [2.24, 2.45) is 0 Å². The first-order valence-corrected chi connectivity index (χ1v) is 8.12. The Balaban J connectivity index is 2.16. The minimum atomic E-state index is 0.0324. The molecule has 0 aliphatic rings. The first-order chi connectivity index (χ1) is 9.83. The summed E-state index contributed by atoms with van der Waals surface area (Å²) in [5, 5.41) is 11.8. The lowest BCUT2D eigenvalue weighted by atomic mass is 10.1. The fraction of sp³-hybridized carbons (Fsp3) is 0.933. The number of tetrazole rings is 1. The summed E-state index contributed by atoms with van der Waals surface area (Å²) >= 11 is 0. The molecule has 1 aromatic rings. The Morgan fingerprint density at radius 2 is 1.65 bits per heavy atom. The van der Waals surface area contributed by atoms with Crippen LogP contribution in [0.1, 0.15) is 83.6 Å². The van der Waals surface area contributed by atoms with Crippen molar-refractivity contribution in [2.45, 2.75) is 84.3 Å². The average molecular weight is 282 g/mol. The first kappa shape index (κ1) is 17.1. The van der Waals surface area contributed by atoms with Crippen LogP contribution in [0.3, 0.4) is 0 Å². The quantitative estimate of drug-likeness (QED) is 0.545. The van der Waals surface area contributed by atoms with Gasteiger partial charge in [0.05, 0.1) is 0 Å². The Bertz CT molecular complexity index is 340. The molecule has 0 aromatic carbocycles. The van der Waals surface area contributed by atoms with Crippen LogP contribution in [0.4, 0.5) is 0 Å². The molecule has 1 atom stereocenters. The largest absolute Gasteiger partial charge is 0.373 e. The number of nitrogens with zero attached hydrogens (tertiary/aromatic N) is 4. The molecule has 1 unspecified atom stereocenters. The summed E-state index contributed by atoms with van der Waals surface area (Å²) in [6.45, 7) is 5.09. The van der Waals surface area contributed by atoms with Gasteiger partial charge in [-0.2, -0.15) is 0 Å². The second kappa shape index (κ2) is 10.8. The van der Waals surface area contributed by atoms with Crippen molar-refractivity contribution in [3.05, 3.63) is 5.82 Å². The molecule has 0 saturated carbocycles. The molecule has 0 fully saturated rings. The number of hydrogen-bond acceptors (Lipinski definition) is 4. The predicted octanol–water partition coefficient (Wildman–Crippen LogP) is 3.91. The van der Waals surface area contributed by atoms with Gasteiger partial charge in [-0.1, -0.05) is 58.3 Å². The third-order valence-corrected chi connectivity index (χ3v) is 3.75. The van der Waals surface area contributed by atoms with E-state index in [1.54, 1.807) is 7.11 Å². The molecule has 0 saturated heterocycles. The first-order valence-electron chi connectivity index (χ1n) is 8.12. The van der Waals surface area contributed by atoms with E-state index in [4.69, 9.17) is 4.74 Å². The smallest absolute Gasteiger partial charge is 0.180 e. The van der Waals surface area contributed by atoms with Crippen LogP contribution in [0.25, 0.3) is 0 Å². The van der Waals surface area contributed by atoms with Gasteiger partial charge < -0.3 is 4.74 Å². The van der Waals surface area contributed by atoms with Crippen LogP contribution >= 0.6 is 0 Å². The molecule has 0 aliphatic carbocycles. The summed E-state index contributed by atoms with van der Waals surface area (Å²) in [6.07, 6.45) is 11.7. The van der Waals surface area contributed by atoms with Gasteiger partial charge >= 0.3 is 0 Å². The van der Waals surface area contributed by atoms with E-state index >= 15 is 0 Å². The minimum absolute atomic E-state index is 0.0324. The van der Waals surface area contributed by atoms with Gasteiger partial charge in [0.25, 0.3) is 0 Å². The van der Waals surface area contributed by atoms with Crippen LogP contribution in [0.15, 0.2) is 0 Å². The number of methoxy groups -OCH3 is 1. The van der Waals surface area contributed by atoms with E-state index in [2.05, 4.69) is 22.4 Å². The van der Waals surface area contributed by atoms with Crippen LogP contribution in [-0.2, 0) is 11.3 Å². The number of hydrogen-bond donors (Lipinski definition) is 0. The van der Waals surface area contributed by atoms with Crippen LogP contribution in [-0.4, -0.2) is 27.3 Å². The topological polar surface area (TPSA) is 52.8 Å². The summed E-state index contributed by atoms with van der Waals surface area (Å²) in [5.41, 5.74) is 0. The van der Waals surface area contributed by atoms with Crippen molar-refractivity contribution in [3.8, 4) is 0 Å². The molecular formula is C15H30N4O. The summed E-state index contributed by atoms with van der Waals surface area (Å²) < 4.78 is 7.35. The summed E-state index contributed by atoms with van der Waals surface area (Å²) in [5.74, 6) is 0.859. The molecule has 116 valence electrons. The maximum Gasteiger partial charge on any atom is 0.180 e. The number of rotatable bonds is 12. The fourth-order valence-corrected chi connectivity index (χ4v) is 2.48. The highest BCUT2D eigenvalue weighted by Crippen LogP contribution is 2.21. The highest BCUT2D eigenvalue weighted by atomic mass is 16.5. The second-order valence-corrected chi connectivity index (χ2v) is 5.34. The molecule has 0 radical (unpaired) electrons. The van der Waals surface area contributed by atoms with Gasteiger partial charge in [0.2, 0.25) is 0 Å². The Kier molecular flexibility index (Phi) is 9.20. The number of aryl methyl sites for hydroxylation is 1. The standard InChI is InChI=1S/C15H30N4O/c1-4-6-7-8-9-10-11-12-13-14(20-3)15-16-17-18-19(15)5-2/h14H,4-13H2,1-3H3.